The SMILES string of the molecule is Cc1nc(C)c(Cc2cccc(F)c2)c(N2CCCN(C(=O)COCc3ccccc3)CC2)n1. The molecule has 7 heteroatoms. The summed E-state index contributed by atoms with van der Waals surface area (Å²) in [6.45, 7) is 7.13. The lowest BCUT2D eigenvalue weighted by Crippen LogP contribution is -2.37. The van der Waals surface area contributed by atoms with E-state index in [-0.39, 0.29) is 18.3 Å². The van der Waals surface area contributed by atoms with Gasteiger partial charge in [-0.2, -0.15) is 0 Å². The predicted molar refractivity (Wildman–Crippen MR) is 130 cm³/mol. The summed E-state index contributed by atoms with van der Waals surface area (Å²) < 4.78 is 19.4. The van der Waals surface area contributed by atoms with Gasteiger partial charge in [0.05, 0.1) is 6.61 Å². The first-order valence-corrected chi connectivity index (χ1v) is 11.7. The van der Waals surface area contributed by atoms with E-state index in [0.717, 1.165) is 41.2 Å². The van der Waals surface area contributed by atoms with Crippen LogP contribution in [0.5, 0.6) is 0 Å². The quantitative estimate of drug-likeness (QED) is 0.530. The maximum Gasteiger partial charge on any atom is 0.248 e. The molecule has 178 valence electrons. The summed E-state index contributed by atoms with van der Waals surface area (Å²) in [4.78, 5) is 26.2. The van der Waals surface area contributed by atoms with Crippen LogP contribution in [0.2, 0.25) is 0 Å². The number of aryl methyl sites for hydroxylation is 2. The molecule has 0 aliphatic carbocycles. The summed E-state index contributed by atoms with van der Waals surface area (Å²) in [6, 6.07) is 16.5. The molecule has 1 aliphatic rings. The topological polar surface area (TPSA) is 58.6 Å². The molecule has 1 amide bonds. The van der Waals surface area contributed by atoms with Crippen molar-refractivity contribution in [3.8, 4) is 0 Å². The molecule has 0 atom stereocenters. The van der Waals surface area contributed by atoms with E-state index in [1.54, 1.807) is 12.1 Å². The van der Waals surface area contributed by atoms with Crippen LogP contribution in [0, 0.1) is 19.7 Å². The summed E-state index contributed by atoms with van der Waals surface area (Å²) >= 11 is 0. The highest BCUT2D eigenvalue weighted by atomic mass is 19.1. The lowest BCUT2D eigenvalue weighted by atomic mass is 10.0. The van der Waals surface area contributed by atoms with Crippen LogP contribution >= 0.6 is 0 Å². The number of amides is 1. The number of hydrogen-bond acceptors (Lipinski definition) is 5. The molecule has 0 unspecified atom stereocenters. The molecule has 34 heavy (non-hydrogen) atoms. The van der Waals surface area contributed by atoms with Crippen LogP contribution in [0.4, 0.5) is 10.2 Å². The van der Waals surface area contributed by atoms with Gasteiger partial charge in [0.1, 0.15) is 24.1 Å². The fourth-order valence-corrected chi connectivity index (χ4v) is 4.34. The van der Waals surface area contributed by atoms with Gasteiger partial charge in [-0.1, -0.05) is 42.5 Å². The van der Waals surface area contributed by atoms with Gasteiger partial charge in [0.2, 0.25) is 5.91 Å². The highest BCUT2D eigenvalue weighted by Crippen LogP contribution is 2.25. The minimum Gasteiger partial charge on any atom is -0.367 e. The Morgan fingerprint density at radius 3 is 2.56 bits per heavy atom. The summed E-state index contributed by atoms with van der Waals surface area (Å²) in [5, 5.41) is 0. The summed E-state index contributed by atoms with van der Waals surface area (Å²) in [5.74, 6) is 1.35. The zero-order chi connectivity index (χ0) is 23.9. The van der Waals surface area contributed by atoms with E-state index >= 15 is 0 Å². The Labute approximate surface area is 200 Å². The van der Waals surface area contributed by atoms with Crippen LogP contribution in [0.1, 0.15) is 34.6 Å². The maximum atomic E-state index is 13.8. The molecule has 1 saturated heterocycles. The van der Waals surface area contributed by atoms with Crippen molar-refractivity contribution >= 4 is 11.7 Å². The van der Waals surface area contributed by atoms with E-state index in [9.17, 15) is 9.18 Å². The highest BCUT2D eigenvalue weighted by Gasteiger charge is 2.23. The zero-order valence-corrected chi connectivity index (χ0v) is 19.8. The van der Waals surface area contributed by atoms with Gasteiger partial charge in [0, 0.05) is 43.9 Å². The molecule has 1 aliphatic heterocycles. The van der Waals surface area contributed by atoms with E-state index in [1.165, 1.54) is 6.07 Å². The molecule has 2 aromatic carbocycles. The molecule has 1 aromatic heterocycles. The van der Waals surface area contributed by atoms with Gasteiger partial charge in [0.15, 0.2) is 0 Å². The molecule has 0 saturated carbocycles. The number of anilines is 1. The molecule has 0 spiro atoms. The number of carbonyl (C=O) groups excluding carboxylic acids is 1. The lowest BCUT2D eigenvalue weighted by molar-refractivity contribution is -0.136. The molecule has 2 heterocycles. The maximum absolute atomic E-state index is 13.8. The van der Waals surface area contributed by atoms with Crippen LogP contribution < -0.4 is 4.90 Å². The Bertz CT molecular complexity index is 1120. The van der Waals surface area contributed by atoms with Gasteiger partial charge in [-0.15, -0.1) is 0 Å². The normalized spacial score (nSPS) is 14.2. The molecule has 0 radical (unpaired) electrons. The van der Waals surface area contributed by atoms with Crippen LogP contribution in [0.15, 0.2) is 54.6 Å². The van der Waals surface area contributed by atoms with Crippen molar-refractivity contribution in [3.63, 3.8) is 0 Å². The van der Waals surface area contributed by atoms with Crippen molar-refractivity contribution < 1.29 is 13.9 Å². The Morgan fingerprint density at radius 2 is 1.76 bits per heavy atom. The van der Waals surface area contributed by atoms with Crippen LogP contribution in [0.25, 0.3) is 0 Å². The van der Waals surface area contributed by atoms with Crippen molar-refractivity contribution in [3.05, 3.63) is 88.6 Å². The number of hydrogen-bond donors (Lipinski definition) is 0. The minimum absolute atomic E-state index is 0.00724. The second kappa shape index (κ2) is 11.2. The fraction of sp³-hybridized carbons (Fsp3) is 0.370. The number of aromatic nitrogens is 2. The number of halogens is 1. The van der Waals surface area contributed by atoms with Crippen LogP contribution in [-0.4, -0.2) is 53.6 Å². The monoisotopic (exact) mass is 462 g/mol. The molecule has 6 nitrogen and oxygen atoms in total. The molecular formula is C27H31FN4O2. The fourth-order valence-electron chi connectivity index (χ4n) is 4.34. The first-order chi connectivity index (χ1) is 16.5. The van der Waals surface area contributed by atoms with Crippen molar-refractivity contribution in [2.45, 2.75) is 33.3 Å². The summed E-state index contributed by atoms with van der Waals surface area (Å²) in [6.07, 6.45) is 1.40. The second-order valence-corrected chi connectivity index (χ2v) is 8.66. The number of benzene rings is 2. The summed E-state index contributed by atoms with van der Waals surface area (Å²) in [5.41, 5.74) is 3.84. The van der Waals surface area contributed by atoms with Crippen LogP contribution in [-0.2, 0) is 22.6 Å². The third-order valence-electron chi connectivity index (χ3n) is 6.06. The minimum atomic E-state index is -0.247. The molecule has 4 rings (SSSR count). The average molecular weight is 463 g/mol. The average Bonchev–Trinajstić information content (AvgIpc) is 3.08. The molecule has 0 bridgehead atoms. The van der Waals surface area contributed by atoms with Gasteiger partial charge in [-0.3, -0.25) is 4.79 Å². The lowest BCUT2D eigenvalue weighted by Gasteiger charge is -2.26. The summed E-state index contributed by atoms with van der Waals surface area (Å²) in [7, 11) is 0. The first-order valence-electron chi connectivity index (χ1n) is 11.7. The second-order valence-electron chi connectivity index (χ2n) is 8.66. The largest absolute Gasteiger partial charge is 0.367 e. The third kappa shape index (κ3) is 6.17. The molecular weight excluding hydrogens is 431 g/mol. The van der Waals surface area contributed by atoms with Crippen molar-refractivity contribution in [2.24, 2.45) is 0 Å². The van der Waals surface area contributed by atoms with Gasteiger partial charge < -0.3 is 14.5 Å². The standard InChI is InChI=1S/C27H31FN4O2/c1-20-25(17-23-10-6-11-24(28)16-23)27(30-21(2)29-20)32-13-7-12-31(14-15-32)26(33)19-34-18-22-8-4-3-5-9-22/h3-6,8-11,16H,7,12-15,17-19H2,1-2H3. The Kier molecular flexibility index (Phi) is 7.85. The number of rotatable bonds is 7. The number of carbonyl (C=O) groups is 1. The van der Waals surface area contributed by atoms with Crippen molar-refractivity contribution in [2.75, 3.05) is 37.7 Å². The smallest absolute Gasteiger partial charge is 0.248 e. The van der Waals surface area contributed by atoms with Gasteiger partial charge >= 0.3 is 0 Å². The Balaban J connectivity index is 1.42. The van der Waals surface area contributed by atoms with E-state index in [4.69, 9.17) is 9.72 Å². The van der Waals surface area contributed by atoms with Crippen molar-refractivity contribution in [1.82, 2.24) is 14.9 Å². The van der Waals surface area contributed by atoms with E-state index in [1.807, 2.05) is 55.1 Å². The number of ether oxygens (including phenoxy) is 1. The third-order valence-corrected chi connectivity index (χ3v) is 6.06. The van der Waals surface area contributed by atoms with Gasteiger partial charge in [-0.25, -0.2) is 14.4 Å². The van der Waals surface area contributed by atoms with Crippen molar-refractivity contribution in [1.29, 1.82) is 0 Å². The number of nitrogens with zero attached hydrogens (tertiary/aromatic N) is 4. The highest BCUT2D eigenvalue weighted by molar-refractivity contribution is 5.77. The zero-order valence-electron chi connectivity index (χ0n) is 19.8. The van der Waals surface area contributed by atoms with Crippen LogP contribution in [0.3, 0.4) is 0 Å². The van der Waals surface area contributed by atoms with E-state index < -0.39 is 0 Å². The first kappa shape index (κ1) is 23.8. The molecule has 0 N–H and O–H groups in total. The molecule has 1 fully saturated rings. The Hall–Kier alpha value is -3.32. The predicted octanol–water partition coefficient (Wildman–Crippen LogP) is 4.08. The van der Waals surface area contributed by atoms with Gasteiger partial charge in [0.25, 0.3) is 0 Å². The molecule has 3 aromatic rings. The van der Waals surface area contributed by atoms with E-state index in [2.05, 4.69) is 9.88 Å². The van der Waals surface area contributed by atoms with E-state index in [0.29, 0.717) is 38.5 Å². The Morgan fingerprint density at radius 1 is 0.971 bits per heavy atom. The van der Waals surface area contributed by atoms with Gasteiger partial charge in [-0.05, 0) is 43.5 Å².